The number of rotatable bonds is 2. The number of hydrogen-bond donors (Lipinski definition) is 1. The van der Waals surface area contributed by atoms with Gasteiger partial charge in [0, 0.05) is 25.7 Å². The lowest BCUT2D eigenvalue weighted by molar-refractivity contribution is 0.127. The fourth-order valence-corrected chi connectivity index (χ4v) is 4.32. The lowest BCUT2D eigenvalue weighted by Crippen LogP contribution is -2.40. The molecule has 2 atom stereocenters. The van der Waals surface area contributed by atoms with Gasteiger partial charge in [-0.2, -0.15) is 0 Å². The predicted molar refractivity (Wildman–Crippen MR) is 65.2 cm³/mol. The largest absolute Gasteiger partial charge is 0.329 e. The van der Waals surface area contributed by atoms with Gasteiger partial charge in [-0.05, 0) is 49.9 Å². The van der Waals surface area contributed by atoms with Crippen molar-refractivity contribution in [3.63, 3.8) is 0 Å². The molecule has 0 aromatic rings. The standard InChI is InChI=1S/C12H22N2.ClH/c13-1-2-14-8-11-4-9-3-10(5-11)7-12(14)6-9;/h9-12H,1-8,13H2;1H. The zero-order valence-electron chi connectivity index (χ0n) is 9.40. The summed E-state index contributed by atoms with van der Waals surface area (Å²) < 4.78 is 0. The summed E-state index contributed by atoms with van der Waals surface area (Å²) in [5.41, 5.74) is 5.70. The van der Waals surface area contributed by atoms with Crippen molar-refractivity contribution in [1.29, 1.82) is 0 Å². The van der Waals surface area contributed by atoms with Gasteiger partial charge in [-0.3, -0.25) is 4.90 Å². The van der Waals surface area contributed by atoms with Crippen LogP contribution in [0.25, 0.3) is 0 Å². The highest BCUT2D eigenvalue weighted by Crippen LogP contribution is 2.47. The summed E-state index contributed by atoms with van der Waals surface area (Å²) >= 11 is 0. The second-order valence-electron chi connectivity index (χ2n) is 5.71. The van der Waals surface area contributed by atoms with Gasteiger partial charge in [-0.25, -0.2) is 0 Å². The van der Waals surface area contributed by atoms with E-state index in [1.807, 2.05) is 0 Å². The van der Waals surface area contributed by atoms with Gasteiger partial charge in [0.15, 0.2) is 0 Å². The molecule has 0 radical (unpaired) electrons. The first-order chi connectivity index (χ1) is 6.85. The van der Waals surface area contributed by atoms with Crippen LogP contribution in [-0.4, -0.2) is 30.6 Å². The Labute approximate surface area is 99.0 Å². The first kappa shape index (κ1) is 11.7. The molecule has 4 aliphatic rings. The summed E-state index contributed by atoms with van der Waals surface area (Å²) in [6.45, 7) is 3.34. The molecule has 2 unspecified atom stereocenters. The monoisotopic (exact) mass is 230 g/mol. The van der Waals surface area contributed by atoms with E-state index >= 15 is 0 Å². The normalized spacial score (nSPS) is 43.8. The van der Waals surface area contributed by atoms with Gasteiger partial charge >= 0.3 is 0 Å². The summed E-state index contributed by atoms with van der Waals surface area (Å²) in [4.78, 5) is 2.70. The van der Waals surface area contributed by atoms with Crippen LogP contribution in [0.4, 0.5) is 0 Å². The molecule has 3 heteroatoms. The molecular weight excluding hydrogens is 208 g/mol. The van der Waals surface area contributed by atoms with Gasteiger partial charge in [0.1, 0.15) is 0 Å². The molecule has 0 aromatic heterocycles. The number of nitrogens with zero attached hydrogens (tertiary/aromatic N) is 1. The molecule has 4 rings (SSSR count). The van der Waals surface area contributed by atoms with Crippen molar-refractivity contribution in [2.75, 3.05) is 19.6 Å². The molecule has 88 valence electrons. The van der Waals surface area contributed by atoms with Crippen LogP contribution in [0.15, 0.2) is 0 Å². The second kappa shape index (κ2) is 4.60. The van der Waals surface area contributed by atoms with E-state index in [1.54, 1.807) is 6.42 Å². The van der Waals surface area contributed by atoms with Crippen molar-refractivity contribution in [3.8, 4) is 0 Å². The molecule has 4 bridgehead atoms. The van der Waals surface area contributed by atoms with E-state index < -0.39 is 0 Å². The van der Waals surface area contributed by atoms with Gasteiger partial charge in [0.25, 0.3) is 0 Å². The van der Waals surface area contributed by atoms with Crippen molar-refractivity contribution in [1.82, 2.24) is 4.90 Å². The SMILES string of the molecule is Cl.NCCN1CC2CC3CC(C2)CC1C3. The molecule has 2 nitrogen and oxygen atoms in total. The average Bonchev–Trinajstić information content (AvgIpc) is 2.32. The maximum absolute atomic E-state index is 5.70. The van der Waals surface area contributed by atoms with E-state index in [0.717, 1.165) is 36.9 Å². The number of nitrogens with two attached hydrogens (primary N) is 1. The molecule has 2 aliphatic heterocycles. The molecule has 0 aromatic carbocycles. The maximum Gasteiger partial charge on any atom is 0.0108 e. The van der Waals surface area contributed by atoms with Gasteiger partial charge in [-0.15, -0.1) is 12.4 Å². The quantitative estimate of drug-likeness (QED) is 0.785. The molecule has 0 amide bonds. The molecule has 0 spiro atoms. The van der Waals surface area contributed by atoms with Crippen molar-refractivity contribution in [2.45, 2.75) is 38.1 Å². The van der Waals surface area contributed by atoms with E-state index in [2.05, 4.69) is 4.90 Å². The minimum Gasteiger partial charge on any atom is -0.329 e. The van der Waals surface area contributed by atoms with Gasteiger partial charge in [0.2, 0.25) is 0 Å². The van der Waals surface area contributed by atoms with Crippen molar-refractivity contribution < 1.29 is 0 Å². The number of hydrogen-bond acceptors (Lipinski definition) is 2. The Balaban J connectivity index is 0.000000853. The van der Waals surface area contributed by atoms with Crippen molar-refractivity contribution in [3.05, 3.63) is 0 Å². The highest BCUT2D eigenvalue weighted by Gasteiger charge is 2.42. The predicted octanol–water partition coefficient (Wildman–Crippen LogP) is 1.88. The zero-order valence-corrected chi connectivity index (χ0v) is 10.2. The van der Waals surface area contributed by atoms with E-state index in [9.17, 15) is 0 Å². The fraction of sp³-hybridized carbons (Fsp3) is 1.00. The Bertz CT molecular complexity index is 208. The Morgan fingerprint density at radius 2 is 1.53 bits per heavy atom. The summed E-state index contributed by atoms with van der Waals surface area (Å²) in [6.07, 6.45) is 7.55. The highest BCUT2D eigenvalue weighted by molar-refractivity contribution is 5.85. The smallest absolute Gasteiger partial charge is 0.0108 e. The van der Waals surface area contributed by atoms with Crippen LogP contribution in [0, 0.1) is 17.8 Å². The van der Waals surface area contributed by atoms with Crippen LogP contribution in [0.2, 0.25) is 0 Å². The molecule has 2 saturated heterocycles. The lowest BCUT2D eigenvalue weighted by atomic mass is 9.68. The number of fused-ring (bicyclic) bond motifs is 1. The molecular formula is C12H23ClN2. The Hall–Kier alpha value is 0.210. The topological polar surface area (TPSA) is 29.3 Å². The third-order valence-corrected chi connectivity index (χ3v) is 4.64. The first-order valence-corrected chi connectivity index (χ1v) is 6.29. The maximum atomic E-state index is 5.70. The summed E-state index contributed by atoms with van der Waals surface area (Å²) in [5.74, 6) is 3.15. The minimum absolute atomic E-state index is 0. The van der Waals surface area contributed by atoms with Crippen LogP contribution in [0.3, 0.4) is 0 Å². The second-order valence-corrected chi connectivity index (χ2v) is 5.71. The van der Waals surface area contributed by atoms with Crippen LogP contribution < -0.4 is 5.73 Å². The van der Waals surface area contributed by atoms with Crippen LogP contribution in [0.5, 0.6) is 0 Å². The van der Waals surface area contributed by atoms with E-state index in [1.165, 1.54) is 32.2 Å². The lowest BCUT2D eigenvalue weighted by Gasteiger charge is -2.39. The molecule has 2 saturated carbocycles. The molecule has 15 heavy (non-hydrogen) atoms. The van der Waals surface area contributed by atoms with Crippen LogP contribution in [0.1, 0.15) is 32.1 Å². The Kier molecular flexibility index (Phi) is 3.59. The molecule has 2 N–H and O–H groups in total. The van der Waals surface area contributed by atoms with E-state index in [4.69, 9.17) is 5.73 Å². The van der Waals surface area contributed by atoms with Crippen molar-refractivity contribution in [2.24, 2.45) is 23.5 Å². The van der Waals surface area contributed by atoms with Crippen LogP contribution >= 0.6 is 12.4 Å². The Morgan fingerprint density at radius 3 is 2.13 bits per heavy atom. The minimum atomic E-state index is 0. The van der Waals surface area contributed by atoms with E-state index in [-0.39, 0.29) is 12.4 Å². The summed E-state index contributed by atoms with van der Waals surface area (Å²) in [7, 11) is 0. The summed E-state index contributed by atoms with van der Waals surface area (Å²) in [5, 5.41) is 0. The molecule has 2 heterocycles. The summed E-state index contributed by atoms with van der Waals surface area (Å²) in [6, 6.07) is 0.898. The van der Waals surface area contributed by atoms with E-state index in [0.29, 0.717) is 0 Å². The van der Waals surface area contributed by atoms with Crippen LogP contribution in [-0.2, 0) is 0 Å². The fourth-order valence-electron chi connectivity index (χ4n) is 4.32. The third-order valence-electron chi connectivity index (χ3n) is 4.64. The zero-order chi connectivity index (χ0) is 9.54. The van der Waals surface area contributed by atoms with Gasteiger partial charge < -0.3 is 5.73 Å². The third kappa shape index (κ3) is 2.17. The first-order valence-electron chi connectivity index (χ1n) is 6.29. The van der Waals surface area contributed by atoms with Crippen molar-refractivity contribution >= 4 is 12.4 Å². The molecule has 4 fully saturated rings. The highest BCUT2D eigenvalue weighted by atomic mass is 35.5. The van der Waals surface area contributed by atoms with Gasteiger partial charge in [0.05, 0.1) is 0 Å². The number of halogens is 1. The Morgan fingerprint density at radius 1 is 0.933 bits per heavy atom. The average molecular weight is 231 g/mol. The molecule has 2 aliphatic carbocycles. The van der Waals surface area contributed by atoms with Gasteiger partial charge in [-0.1, -0.05) is 0 Å².